The Kier molecular flexibility index (Phi) is 4.95. The molecule has 1 aliphatic heterocycles. The zero-order valence-corrected chi connectivity index (χ0v) is 14.4. The van der Waals surface area contributed by atoms with Gasteiger partial charge in [-0.15, -0.1) is 0 Å². The molecule has 1 N–H and O–H groups in total. The summed E-state index contributed by atoms with van der Waals surface area (Å²) in [6.07, 6.45) is -0.461. The van der Waals surface area contributed by atoms with Crippen LogP contribution >= 0.6 is 0 Å². The van der Waals surface area contributed by atoms with Crippen molar-refractivity contribution in [2.45, 2.75) is 26.6 Å². The van der Waals surface area contributed by atoms with Gasteiger partial charge in [0.05, 0.1) is 31.0 Å². The van der Waals surface area contributed by atoms with Gasteiger partial charge in [-0.1, -0.05) is 5.16 Å². The fourth-order valence-corrected chi connectivity index (χ4v) is 2.80. The van der Waals surface area contributed by atoms with Crippen LogP contribution in [0.1, 0.15) is 39.4 Å². The third kappa shape index (κ3) is 3.62. The van der Waals surface area contributed by atoms with Crippen molar-refractivity contribution >= 4 is 5.91 Å². The first-order valence-corrected chi connectivity index (χ1v) is 7.92. The van der Waals surface area contributed by atoms with E-state index in [0.29, 0.717) is 36.0 Å². The third-order valence-corrected chi connectivity index (χ3v) is 4.04. The van der Waals surface area contributed by atoms with Crippen molar-refractivity contribution in [2.24, 2.45) is 0 Å². The number of hydrogen-bond acceptors (Lipinski definition) is 7. The van der Waals surface area contributed by atoms with Gasteiger partial charge >= 0.3 is 0 Å². The maximum Gasteiger partial charge on any atom is 0.276 e. The first-order chi connectivity index (χ1) is 12.0. The number of nitrogens with zero attached hydrogens (tertiary/aromatic N) is 3. The Morgan fingerprint density at radius 3 is 3.00 bits per heavy atom. The number of rotatable bonds is 4. The van der Waals surface area contributed by atoms with Crippen molar-refractivity contribution < 1.29 is 18.8 Å². The molecule has 9 nitrogen and oxygen atoms in total. The zero-order valence-electron chi connectivity index (χ0n) is 14.4. The van der Waals surface area contributed by atoms with Gasteiger partial charge in [0.2, 0.25) is 0 Å². The van der Waals surface area contributed by atoms with Gasteiger partial charge in [0.15, 0.2) is 5.69 Å². The predicted molar refractivity (Wildman–Crippen MR) is 86.1 cm³/mol. The predicted octanol–water partition coefficient (Wildman–Crippen LogP) is 0.735. The van der Waals surface area contributed by atoms with Crippen LogP contribution in [0.5, 0.6) is 0 Å². The van der Waals surface area contributed by atoms with Crippen molar-refractivity contribution in [3.63, 3.8) is 0 Å². The lowest BCUT2D eigenvalue weighted by molar-refractivity contribution is -0.0252. The number of morpholine rings is 1. The smallest absolute Gasteiger partial charge is 0.276 e. The van der Waals surface area contributed by atoms with Gasteiger partial charge in [0.25, 0.3) is 11.5 Å². The van der Waals surface area contributed by atoms with E-state index in [1.54, 1.807) is 25.9 Å². The second-order valence-corrected chi connectivity index (χ2v) is 5.87. The number of H-pyrrole nitrogens is 1. The standard InChI is InChI=1S/C16H20N4O5/c1-9-11(8-23-3)15(19-25-9)16(22)20-4-5-24-13(7-20)12-6-14(21)18-10(2)17-12/h6,13H,4-5,7-8H2,1-3H3,(H,17,18,21)/t13-/m1/s1. The minimum absolute atomic E-state index is 0.245. The van der Waals surface area contributed by atoms with Crippen molar-refractivity contribution in [3.05, 3.63) is 45.0 Å². The molecule has 0 bridgehead atoms. The van der Waals surface area contributed by atoms with Gasteiger partial charge in [0.1, 0.15) is 17.7 Å². The van der Waals surface area contributed by atoms with Gasteiger partial charge in [-0.3, -0.25) is 9.59 Å². The average molecular weight is 348 g/mol. The molecular weight excluding hydrogens is 328 g/mol. The summed E-state index contributed by atoms with van der Waals surface area (Å²) in [5.74, 6) is 0.810. The van der Waals surface area contributed by atoms with E-state index < -0.39 is 6.10 Å². The Bertz CT molecular complexity index is 828. The molecule has 0 unspecified atom stereocenters. The lowest BCUT2D eigenvalue weighted by atomic mass is 10.1. The highest BCUT2D eigenvalue weighted by molar-refractivity contribution is 5.93. The van der Waals surface area contributed by atoms with Crippen LogP contribution in [0.25, 0.3) is 0 Å². The molecule has 25 heavy (non-hydrogen) atoms. The third-order valence-electron chi connectivity index (χ3n) is 4.04. The van der Waals surface area contributed by atoms with E-state index in [0.717, 1.165) is 0 Å². The van der Waals surface area contributed by atoms with Crippen molar-refractivity contribution in [1.29, 1.82) is 0 Å². The molecule has 1 saturated heterocycles. The van der Waals surface area contributed by atoms with Crippen LogP contribution in [0.15, 0.2) is 15.4 Å². The minimum atomic E-state index is -0.461. The number of aromatic amines is 1. The van der Waals surface area contributed by atoms with Crippen LogP contribution in [0.3, 0.4) is 0 Å². The molecule has 1 aliphatic rings. The average Bonchev–Trinajstić information content (AvgIpc) is 2.95. The highest BCUT2D eigenvalue weighted by atomic mass is 16.5. The quantitative estimate of drug-likeness (QED) is 0.867. The molecular formula is C16H20N4O5. The van der Waals surface area contributed by atoms with Crippen molar-refractivity contribution in [3.8, 4) is 0 Å². The topological polar surface area (TPSA) is 111 Å². The fraction of sp³-hybridized carbons (Fsp3) is 0.500. The Labute approximate surface area is 143 Å². The van der Waals surface area contributed by atoms with Crippen LogP contribution in [0, 0.1) is 13.8 Å². The highest BCUT2D eigenvalue weighted by Crippen LogP contribution is 2.23. The van der Waals surface area contributed by atoms with Gasteiger partial charge in [-0.25, -0.2) is 4.98 Å². The Hall–Kier alpha value is -2.52. The molecule has 134 valence electrons. The van der Waals surface area contributed by atoms with Crippen molar-refractivity contribution in [1.82, 2.24) is 20.0 Å². The molecule has 1 amide bonds. The SMILES string of the molecule is COCc1c(C(=O)N2CCO[C@@H](c3cc(=O)[nH]c(C)n3)C2)noc1C. The van der Waals surface area contributed by atoms with Crippen LogP contribution in [0.4, 0.5) is 0 Å². The molecule has 0 radical (unpaired) electrons. The van der Waals surface area contributed by atoms with E-state index in [2.05, 4.69) is 15.1 Å². The maximum atomic E-state index is 12.8. The number of ether oxygens (including phenoxy) is 2. The molecule has 1 fully saturated rings. The van der Waals surface area contributed by atoms with Crippen LogP contribution < -0.4 is 5.56 Å². The molecule has 0 aromatic carbocycles. The number of aryl methyl sites for hydroxylation is 2. The molecule has 3 rings (SSSR count). The normalized spacial score (nSPS) is 17.7. The molecule has 0 aliphatic carbocycles. The van der Waals surface area contributed by atoms with Crippen LogP contribution in [-0.2, 0) is 16.1 Å². The van der Waals surface area contributed by atoms with Crippen LogP contribution in [-0.4, -0.2) is 52.7 Å². The van der Waals surface area contributed by atoms with Gasteiger partial charge < -0.3 is 23.9 Å². The van der Waals surface area contributed by atoms with E-state index in [4.69, 9.17) is 14.0 Å². The number of aromatic nitrogens is 3. The molecule has 2 aromatic rings. The van der Waals surface area contributed by atoms with E-state index in [-0.39, 0.29) is 30.3 Å². The number of carbonyl (C=O) groups excluding carboxylic acids is 1. The summed E-state index contributed by atoms with van der Waals surface area (Å²) in [5, 5.41) is 3.88. The second kappa shape index (κ2) is 7.16. The zero-order chi connectivity index (χ0) is 18.0. The summed E-state index contributed by atoms with van der Waals surface area (Å²) in [6.45, 7) is 4.75. The summed E-state index contributed by atoms with van der Waals surface area (Å²) in [5.41, 5.74) is 1.15. The number of methoxy groups -OCH3 is 1. The summed E-state index contributed by atoms with van der Waals surface area (Å²) in [4.78, 5) is 33.0. The molecule has 2 aromatic heterocycles. The minimum Gasteiger partial charge on any atom is -0.380 e. The molecule has 9 heteroatoms. The summed E-state index contributed by atoms with van der Waals surface area (Å²) in [7, 11) is 1.55. The van der Waals surface area contributed by atoms with E-state index in [1.165, 1.54) is 6.07 Å². The fourth-order valence-electron chi connectivity index (χ4n) is 2.80. The lowest BCUT2D eigenvalue weighted by Crippen LogP contribution is -2.43. The summed E-state index contributed by atoms with van der Waals surface area (Å²) >= 11 is 0. The number of amides is 1. The van der Waals surface area contributed by atoms with E-state index in [9.17, 15) is 9.59 Å². The maximum absolute atomic E-state index is 12.8. The largest absolute Gasteiger partial charge is 0.380 e. The number of carbonyl (C=O) groups is 1. The van der Waals surface area contributed by atoms with E-state index in [1.807, 2.05) is 0 Å². The molecule has 1 atom stereocenters. The first-order valence-electron chi connectivity index (χ1n) is 7.92. The van der Waals surface area contributed by atoms with Crippen LogP contribution in [0.2, 0.25) is 0 Å². The monoisotopic (exact) mass is 348 g/mol. The lowest BCUT2D eigenvalue weighted by Gasteiger charge is -2.32. The summed E-state index contributed by atoms with van der Waals surface area (Å²) in [6, 6.07) is 1.39. The van der Waals surface area contributed by atoms with Crippen molar-refractivity contribution in [2.75, 3.05) is 26.8 Å². The van der Waals surface area contributed by atoms with Gasteiger partial charge in [-0.2, -0.15) is 0 Å². The van der Waals surface area contributed by atoms with Gasteiger partial charge in [-0.05, 0) is 13.8 Å². The summed E-state index contributed by atoms with van der Waals surface area (Å²) < 4.78 is 16.0. The molecule has 3 heterocycles. The van der Waals surface area contributed by atoms with E-state index >= 15 is 0 Å². The Morgan fingerprint density at radius 1 is 1.48 bits per heavy atom. The Balaban J connectivity index is 1.81. The second-order valence-electron chi connectivity index (χ2n) is 5.87. The highest BCUT2D eigenvalue weighted by Gasteiger charge is 2.30. The molecule has 0 spiro atoms. The number of nitrogens with one attached hydrogen (secondary N) is 1. The number of hydrogen-bond donors (Lipinski definition) is 1. The first kappa shape index (κ1) is 17.3. The Morgan fingerprint density at radius 2 is 2.28 bits per heavy atom. The van der Waals surface area contributed by atoms with Gasteiger partial charge in [0, 0.05) is 19.7 Å². The molecule has 0 saturated carbocycles.